The van der Waals surface area contributed by atoms with Crippen LogP contribution < -0.4 is 5.32 Å². The monoisotopic (exact) mass is 344 g/mol. The molecule has 1 heterocycles. The highest BCUT2D eigenvalue weighted by atomic mass is 35.5. The maximum absolute atomic E-state index is 13.7. The van der Waals surface area contributed by atoms with Crippen molar-refractivity contribution >= 4 is 28.4 Å². The Morgan fingerprint density at radius 1 is 1.21 bits per heavy atom. The zero-order valence-electron chi connectivity index (χ0n) is 13.4. The van der Waals surface area contributed by atoms with Crippen LogP contribution in [0.2, 0.25) is 5.02 Å². The largest absolute Gasteiger partial charge is 0.352 e. The lowest BCUT2D eigenvalue weighted by molar-refractivity contribution is -0.121. The van der Waals surface area contributed by atoms with Gasteiger partial charge in [-0.05, 0) is 30.7 Å². The predicted octanol–water partition coefficient (Wildman–Crippen LogP) is 4.45. The van der Waals surface area contributed by atoms with Crippen molar-refractivity contribution in [1.82, 2.24) is 9.88 Å². The summed E-state index contributed by atoms with van der Waals surface area (Å²) in [6.07, 6.45) is 2.37. The molecule has 3 nitrogen and oxygen atoms in total. The Bertz CT molecular complexity index is 868. The maximum Gasteiger partial charge on any atom is 0.222 e. The van der Waals surface area contributed by atoms with Gasteiger partial charge >= 0.3 is 0 Å². The van der Waals surface area contributed by atoms with Crippen LogP contribution >= 0.6 is 11.6 Å². The van der Waals surface area contributed by atoms with Crippen molar-refractivity contribution in [3.8, 4) is 0 Å². The molecular formula is C19H18ClFN2O. The maximum atomic E-state index is 13.7. The van der Waals surface area contributed by atoms with Crippen molar-refractivity contribution in [3.63, 3.8) is 0 Å². The van der Waals surface area contributed by atoms with Gasteiger partial charge in [0.05, 0.1) is 0 Å². The van der Waals surface area contributed by atoms with E-state index in [2.05, 4.69) is 22.9 Å². The molecule has 124 valence electrons. The number of carbonyl (C=O) groups excluding carboxylic acids is 1. The minimum atomic E-state index is -0.408. The third-order valence-electron chi connectivity index (χ3n) is 4.09. The first kappa shape index (κ1) is 16.5. The van der Waals surface area contributed by atoms with E-state index in [-0.39, 0.29) is 12.5 Å². The number of hydrogen-bond donors (Lipinski definition) is 1. The van der Waals surface area contributed by atoms with Gasteiger partial charge in [0.1, 0.15) is 5.82 Å². The molecule has 0 aliphatic carbocycles. The normalized spacial score (nSPS) is 11.0. The fraction of sp³-hybridized carbons (Fsp3) is 0.211. The van der Waals surface area contributed by atoms with Gasteiger partial charge in [-0.1, -0.05) is 35.9 Å². The third kappa shape index (κ3) is 3.44. The molecule has 0 fully saturated rings. The van der Waals surface area contributed by atoms with Gasteiger partial charge in [-0.2, -0.15) is 0 Å². The van der Waals surface area contributed by atoms with Crippen LogP contribution in [0.4, 0.5) is 4.39 Å². The number of aryl methyl sites for hydroxylation is 2. The molecular weight excluding hydrogens is 327 g/mol. The summed E-state index contributed by atoms with van der Waals surface area (Å²) < 4.78 is 15.8. The van der Waals surface area contributed by atoms with Gasteiger partial charge in [-0.25, -0.2) is 4.39 Å². The number of carbonyl (C=O) groups is 1. The molecule has 1 N–H and O–H groups in total. The Morgan fingerprint density at radius 2 is 2.00 bits per heavy atom. The van der Waals surface area contributed by atoms with E-state index in [1.54, 1.807) is 12.1 Å². The number of para-hydroxylation sites is 1. The van der Waals surface area contributed by atoms with E-state index in [1.165, 1.54) is 17.0 Å². The van der Waals surface area contributed by atoms with Gasteiger partial charge in [0.2, 0.25) is 5.91 Å². The number of benzene rings is 2. The number of aromatic nitrogens is 1. The third-order valence-corrected chi connectivity index (χ3v) is 4.45. The fourth-order valence-electron chi connectivity index (χ4n) is 2.81. The quantitative estimate of drug-likeness (QED) is 0.729. The summed E-state index contributed by atoms with van der Waals surface area (Å²) in [5.74, 6) is -0.542. The topological polar surface area (TPSA) is 34.0 Å². The molecule has 24 heavy (non-hydrogen) atoms. The van der Waals surface area contributed by atoms with Crippen LogP contribution in [0.5, 0.6) is 0 Å². The van der Waals surface area contributed by atoms with Crippen molar-refractivity contribution in [3.05, 3.63) is 70.6 Å². The Kier molecular flexibility index (Phi) is 4.86. The van der Waals surface area contributed by atoms with Crippen LogP contribution in [0.3, 0.4) is 0 Å². The van der Waals surface area contributed by atoms with Gasteiger partial charge in [-0.15, -0.1) is 0 Å². The van der Waals surface area contributed by atoms with Crippen LogP contribution in [0.15, 0.2) is 48.7 Å². The standard InChI is InChI=1S/C19H18ClFN2O/c1-13-12-23(18-8-3-2-5-14(13)18)10-9-19(24)22-11-15-16(20)6-4-7-17(15)21/h2-8,12H,9-11H2,1H3,(H,22,24). The molecule has 5 heteroatoms. The number of amides is 1. The lowest BCUT2D eigenvalue weighted by atomic mass is 10.2. The second-order valence-electron chi connectivity index (χ2n) is 5.75. The number of halogens is 2. The highest BCUT2D eigenvalue weighted by Crippen LogP contribution is 2.21. The molecule has 3 aromatic rings. The molecule has 0 atom stereocenters. The summed E-state index contributed by atoms with van der Waals surface area (Å²) >= 11 is 5.96. The average molecular weight is 345 g/mol. The van der Waals surface area contributed by atoms with Gasteiger partial charge in [-0.3, -0.25) is 4.79 Å². The summed E-state index contributed by atoms with van der Waals surface area (Å²) in [7, 11) is 0. The van der Waals surface area contributed by atoms with Crippen molar-refractivity contribution in [1.29, 1.82) is 0 Å². The summed E-state index contributed by atoms with van der Waals surface area (Å²) in [5.41, 5.74) is 2.61. The zero-order chi connectivity index (χ0) is 17.1. The first-order chi connectivity index (χ1) is 11.6. The minimum Gasteiger partial charge on any atom is -0.352 e. The fourth-order valence-corrected chi connectivity index (χ4v) is 3.04. The summed E-state index contributed by atoms with van der Waals surface area (Å²) in [4.78, 5) is 12.1. The molecule has 0 aliphatic heterocycles. The number of nitrogens with one attached hydrogen (secondary N) is 1. The molecule has 2 aromatic carbocycles. The number of fused-ring (bicyclic) bond motifs is 1. The van der Waals surface area contributed by atoms with E-state index >= 15 is 0 Å². The van der Waals surface area contributed by atoms with Crippen molar-refractivity contribution < 1.29 is 9.18 Å². The van der Waals surface area contributed by atoms with Crippen LogP contribution in [-0.2, 0) is 17.9 Å². The van der Waals surface area contributed by atoms with Crippen LogP contribution in [0.1, 0.15) is 17.5 Å². The Morgan fingerprint density at radius 3 is 2.79 bits per heavy atom. The highest BCUT2D eigenvalue weighted by Gasteiger charge is 2.10. The summed E-state index contributed by atoms with van der Waals surface area (Å²) in [6.45, 7) is 2.72. The number of rotatable bonds is 5. The molecule has 0 radical (unpaired) electrons. The lowest BCUT2D eigenvalue weighted by Gasteiger charge is -2.09. The smallest absolute Gasteiger partial charge is 0.222 e. The summed E-state index contributed by atoms with van der Waals surface area (Å²) in [5, 5.41) is 4.24. The van der Waals surface area contributed by atoms with Gasteiger partial charge in [0.15, 0.2) is 0 Å². The van der Waals surface area contributed by atoms with Gasteiger partial charge in [0, 0.05) is 47.2 Å². The molecule has 0 bridgehead atoms. The van der Waals surface area contributed by atoms with Crippen LogP contribution in [0, 0.1) is 12.7 Å². The lowest BCUT2D eigenvalue weighted by Crippen LogP contribution is -2.24. The SMILES string of the molecule is Cc1cn(CCC(=O)NCc2c(F)cccc2Cl)c2ccccc12. The zero-order valence-corrected chi connectivity index (χ0v) is 14.1. The molecule has 0 aliphatic rings. The summed E-state index contributed by atoms with van der Waals surface area (Å²) in [6, 6.07) is 12.6. The molecule has 3 rings (SSSR count). The first-order valence-corrected chi connectivity index (χ1v) is 8.18. The second-order valence-corrected chi connectivity index (χ2v) is 6.16. The molecule has 1 amide bonds. The van der Waals surface area contributed by atoms with Crippen LogP contribution in [0.25, 0.3) is 10.9 Å². The molecule has 1 aromatic heterocycles. The van der Waals surface area contributed by atoms with E-state index < -0.39 is 5.82 Å². The van der Waals surface area contributed by atoms with Crippen molar-refractivity contribution in [2.45, 2.75) is 26.4 Å². The average Bonchev–Trinajstić information content (AvgIpc) is 2.89. The molecule has 0 spiro atoms. The minimum absolute atomic E-state index is 0.0930. The number of hydrogen-bond acceptors (Lipinski definition) is 1. The molecule has 0 saturated heterocycles. The second kappa shape index (κ2) is 7.05. The molecule has 0 saturated carbocycles. The van der Waals surface area contributed by atoms with E-state index in [0.717, 1.165) is 5.52 Å². The van der Waals surface area contributed by atoms with E-state index in [9.17, 15) is 9.18 Å². The van der Waals surface area contributed by atoms with Gasteiger partial charge < -0.3 is 9.88 Å². The van der Waals surface area contributed by atoms with Crippen molar-refractivity contribution in [2.75, 3.05) is 0 Å². The first-order valence-electron chi connectivity index (χ1n) is 7.80. The van der Waals surface area contributed by atoms with Crippen LogP contribution in [-0.4, -0.2) is 10.5 Å². The predicted molar refractivity (Wildman–Crippen MR) is 94.5 cm³/mol. The number of nitrogens with zero attached hydrogens (tertiary/aromatic N) is 1. The Hall–Kier alpha value is -2.33. The highest BCUT2D eigenvalue weighted by molar-refractivity contribution is 6.31. The van der Waals surface area contributed by atoms with E-state index in [0.29, 0.717) is 23.6 Å². The van der Waals surface area contributed by atoms with E-state index in [1.807, 2.05) is 24.4 Å². The van der Waals surface area contributed by atoms with Crippen molar-refractivity contribution in [2.24, 2.45) is 0 Å². The van der Waals surface area contributed by atoms with Gasteiger partial charge in [0.25, 0.3) is 0 Å². The Balaban J connectivity index is 1.61. The Labute approximate surface area is 145 Å². The molecule has 0 unspecified atom stereocenters. The van der Waals surface area contributed by atoms with E-state index in [4.69, 9.17) is 11.6 Å².